The Kier molecular flexibility index (Phi) is 5.60. The van der Waals surface area contributed by atoms with Gasteiger partial charge >= 0.3 is 6.03 Å². The van der Waals surface area contributed by atoms with Crippen molar-refractivity contribution < 1.29 is 9.53 Å². The van der Waals surface area contributed by atoms with Gasteiger partial charge in [-0.05, 0) is 44.0 Å². The Balaban J connectivity index is 1.59. The van der Waals surface area contributed by atoms with Crippen molar-refractivity contribution in [3.63, 3.8) is 0 Å². The van der Waals surface area contributed by atoms with Crippen molar-refractivity contribution in [3.8, 4) is 5.88 Å². The van der Waals surface area contributed by atoms with Gasteiger partial charge in [0.1, 0.15) is 6.10 Å². The number of aryl methyl sites for hydroxylation is 1. The summed E-state index contributed by atoms with van der Waals surface area (Å²) in [6.45, 7) is 3.03. The first-order valence-electron chi connectivity index (χ1n) is 7.99. The second kappa shape index (κ2) is 7.89. The molecule has 6 nitrogen and oxygen atoms in total. The summed E-state index contributed by atoms with van der Waals surface area (Å²) in [7, 11) is 0. The van der Waals surface area contributed by atoms with Crippen molar-refractivity contribution in [2.24, 2.45) is 0 Å². The number of benzene rings is 1. The Morgan fingerprint density at radius 1 is 1.24 bits per heavy atom. The summed E-state index contributed by atoms with van der Waals surface area (Å²) in [4.78, 5) is 14.2. The van der Waals surface area contributed by atoms with Gasteiger partial charge in [-0.15, -0.1) is 5.10 Å². The largest absolute Gasteiger partial charge is 0.471 e. The summed E-state index contributed by atoms with van der Waals surface area (Å²) in [5.74, 6) is 0.474. The Labute approximate surface area is 156 Å². The van der Waals surface area contributed by atoms with Gasteiger partial charge in [0, 0.05) is 18.3 Å². The minimum Gasteiger partial charge on any atom is -0.471 e. The average molecular weight is 381 g/mol. The van der Waals surface area contributed by atoms with Crippen LogP contribution in [-0.4, -0.2) is 40.3 Å². The fourth-order valence-corrected chi connectivity index (χ4v) is 2.91. The highest BCUT2D eigenvalue weighted by Gasteiger charge is 2.25. The lowest BCUT2D eigenvalue weighted by molar-refractivity contribution is 0.102. The molecule has 0 spiro atoms. The molecule has 1 unspecified atom stereocenters. The number of aromatic nitrogens is 2. The molecule has 2 heterocycles. The number of hydrogen-bond acceptors (Lipinski definition) is 4. The molecule has 0 radical (unpaired) electrons. The van der Waals surface area contributed by atoms with Gasteiger partial charge in [-0.3, -0.25) is 0 Å². The Bertz CT molecular complexity index is 755. The van der Waals surface area contributed by atoms with Crippen molar-refractivity contribution in [1.82, 2.24) is 15.1 Å². The van der Waals surface area contributed by atoms with Crippen LogP contribution in [0.2, 0.25) is 10.0 Å². The normalized spacial score (nSPS) is 17.2. The maximum absolute atomic E-state index is 12.5. The fraction of sp³-hybridized carbons (Fsp3) is 0.353. The lowest BCUT2D eigenvalue weighted by Gasteiger charge is -2.32. The number of rotatable bonds is 3. The molecular weight excluding hydrogens is 363 g/mol. The van der Waals surface area contributed by atoms with E-state index in [0.29, 0.717) is 34.7 Å². The second-order valence-electron chi connectivity index (χ2n) is 5.90. The summed E-state index contributed by atoms with van der Waals surface area (Å²) in [6, 6.07) is 8.43. The highest BCUT2D eigenvalue weighted by molar-refractivity contribution is 6.42. The van der Waals surface area contributed by atoms with Gasteiger partial charge in [-0.1, -0.05) is 23.2 Å². The molecular formula is C17H18Cl2N4O2. The summed E-state index contributed by atoms with van der Waals surface area (Å²) in [5, 5.41) is 11.7. The van der Waals surface area contributed by atoms with Gasteiger partial charge in [-0.25, -0.2) is 4.79 Å². The van der Waals surface area contributed by atoms with Gasteiger partial charge in [0.25, 0.3) is 0 Å². The molecule has 1 saturated heterocycles. The number of likely N-dealkylation sites (tertiary alicyclic amines) is 1. The molecule has 2 aromatic rings. The van der Waals surface area contributed by atoms with Crippen LogP contribution in [-0.2, 0) is 0 Å². The number of anilines is 1. The topological polar surface area (TPSA) is 67.3 Å². The minimum absolute atomic E-state index is 0.106. The van der Waals surface area contributed by atoms with Crippen LogP contribution in [0.5, 0.6) is 5.88 Å². The van der Waals surface area contributed by atoms with Gasteiger partial charge in [0.05, 0.1) is 22.3 Å². The first-order chi connectivity index (χ1) is 12.0. The van der Waals surface area contributed by atoms with Crippen molar-refractivity contribution in [1.29, 1.82) is 0 Å². The lowest BCUT2D eigenvalue weighted by Crippen LogP contribution is -2.46. The van der Waals surface area contributed by atoms with Crippen LogP contribution in [0.3, 0.4) is 0 Å². The third-order valence-electron chi connectivity index (χ3n) is 3.90. The van der Waals surface area contributed by atoms with Gasteiger partial charge < -0.3 is 15.0 Å². The van der Waals surface area contributed by atoms with E-state index in [1.165, 1.54) is 0 Å². The molecule has 0 bridgehead atoms. The Morgan fingerprint density at radius 2 is 2.08 bits per heavy atom. The van der Waals surface area contributed by atoms with E-state index in [1.54, 1.807) is 29.2 Å². The molecule has 1 N–H and O–H groups in total. The molecule has 8 heteroatoms. The number of piperidine rings is 1. The van der Waals surface area contributed by atoms with Gasteiger partial charge in [0.2, 0.25) is 5.88 Å². The molecule has 1 aliphatic rings. The molecule has 1 aromatic carbocycles. The number of urea groups is 1. The maximum atomic E-state index is 12.5. The molecule has 132 valence electrons. The monoisotopic (exact) mass is 380 g/mol. The van der Waals surface area contributed by atoms with Crippen LogP contribution in [0.1, 0.15) is 18.5 Å². The molecule has 1 aromatic heterocycles. The Hall–Kier alpha value is -2.05. The van der Waals surface area contributed by atoms with E-state index >= 15 is 0 Å². The lowest BCUT2D eigenvalue weighted by atomic mass is 10.1. The summed E-state index contributed by atoms with van der Waals surface area (Å²) in [5.41, 5.74) is 1.44. The predicted octanol–water partition coefficient (Wildman–Crippen LogP) is 4.17. The molecule has 25 heavy (non-hydrogen) atoms. The number of carbonyl (C=O) groups is 1. The summed E-state index contributed by atoms with van der Waals surface area (Å²) < 4.78 is 5.84. The zero-order chi connectivity index (χ0) is 17.8. The number of carbonyl (C=O) groups excluding carboxylic acids is 1. The van der Waals surface area contributed by atoms with Crippen LogP contribution in [0.15, 0.2) is 30.3 Å². The summed E-state index contributed by atoms with van der Waals surface area (Å²) in [6.07, 6.45) is 1.62. The number of nitrogens with one attached hydrogen (secondary N) is 1. The van der Waals surface area contributed by atoms with E-state index in [-0.39, 0.29) is 12.1 Å². The number of ether oxygens (including phenoxy) is 1. The third kappa shape index (κ3) is 4.74. The molecule has 1 aliphatic heterocycles. The SMILES string of the molecule is Cc1ccc(OC2CCCN(C(=O)Nc3ccc(Cl)c(Cl)c3)C2)nn1. The van der Waals surface area contributed by atoms with E-state index in [2.05, 4.69) is 15.5 Å². The fourth-order valence-electron chi connectivity index (χ4n) is 2.62. The van der Waals surface area contributed by atoms with Crippen LogP contribution in [0.4, 0.5) is 10.5 Å². The minimum atomic E-state index is -0.193. The Morgan fingerprint density at radius 3 is 2.80 bits per heavy atom. The molecule has 0 aliphatic carbocycles. The zero-order valence-electron chi connectivity index (χ0n) is 13.7. The number of hydrogen-bond donors (Lipinski definition) is 1. The zero-order valence-corrected chi connectivity index (χ0v) is 15.2. The van der Waals surface area contributed by atoms with Crippen molar-refractivity contribution in [2.45, 2.75) is 25.9 Å². The third-order valence-corrected chi connectivity index (χ3v) is 4.64. The van der Waals surface area contributed by atoms with E-state index in [0.717, 1.165) is 18.5 Å². The number of nitrogens with zero attached hydrogens (tertiary/aromatic N) is 3. The standard InChI is InChI=1S/C17H18Cl2N4O2/c1-11-4-7-16(22-21-11)25-13-3-2-8-23(10-13)17(24)20-12-5-6-14(18)15(19)9-12/h4-7,9,13H,2-3,8,10H2,1H3,(H,20,24). The van der Waals surface area contributed by atoms with E-state index < -0.39 is 0 Å². The maximum Gasteiger partial charge on any atom is 0.321 e. The average Bonchev–Trinajstić information content (AvgIpc) is 2.60. The van der Waals surface area contributed by atoms with E-state index in [1.807, 2.05) is 13.0 Å². The van der Waals surface area contributed by atoms with Crippen molar-refractivity contribution in [2.75, 3.05) is 18.4 Å². The molecule has 3 rings (SSSR count). The second-order valence-corrected chi connectivity index (χ2v) is 6.71. The predicted molar refractivity (Wildman–Crippen MR) is 97.5 cm³/mol. The number of amides is 2. The van der Waals surface area contributed by atoms with Gasteiger partial charge in [-0.2, -0.15) is 5.10 Å². The van der Waals surface area contributed by atoms with E-state index in [9.17, 15) is 4.79 Å². The molecule has 1 fully saturated rings. The smallest absolute Gasteiger partial charge is 0.321 e. The highest BCUT2D eigenvalue weighted by atomic mass is 35.5. The first-order valence-corrected chi connectivity index (χ1v) is 8.75. The summed E-state index contributed by atoms with van der Waals surface area (Å²) >= 11 is 11.9. The van der Waals surface area contributed by atoms with Crippen LogP contribution < -0.4 is 10.1 Å². The highest BCUT2D eigenvalue weighted by Crippen LogP contribution is 2.25. The van der Waals surface area contributed by atoms with Crippen LogP contribution in [0.25, 0.3) is 0 Å². The number of halogens is 2. The first kappa shape index (κ1) is 17.8. The van der Waals surface area contributed by atoms with Gasteiger partial charge in [0.15, 0.2) is 0 Å². The van der Waals surface area contributed by atoms with Crippen LogP contribution >= 0.6 is 23.2 Å². The van der Waals surface area contributed by atoms with E-state index in [4.69, 9.17) is 27.9 Å². The van der Waals surface area contributed by atoms with Crippen molar-refractivity contribution in [3.05, 3.63) is 46.1 Å². The molecule has 2 amide bonds. The molecule has 0 saturated carbocycles. The van der Waals surface area contributed by atoms with Crippen LogP contribution in [0, 0.1) is 6.92 Å². The van der Waals surface area contributed by atoms with Crippen molar-refractivity contribution >= 4 is 34.9 Å². The quantitative estimate of drug-likeness (QED) is 0.867. The molecule has 1 atom stereocenters.